The van der Waals surface area contributed by atoms with Crippen LogP contribution in [-0.2, 0) is 0 Å². The second kappa shape index (κ2) is 9.68. The van der Waals surface area contributed by atoms with Crippen LogP contribution in [0, 0.1) is 9.39 Å². The summed E-state index contributed by atoms with van der Waals surface area (Å²) in [7, 11) is 0. The van der Waals surface area contributed by atoms with E-state index in [2.05, 4.69) is 37.9 Å². The van der Waals surface area contributed by atoms with Gasteiger partial charge in [0.2, 0.25) is 0 Å². The Hall–Kier alpha value is -3.81. The van der Waals surface area contributed by atoms with Crippen LogP contribution in [0.4, 0.5) is 20.8 Å². The quantitative estimate of drug-likeness (QED) is 0.295. The van der Waals surface area contributed by atoms with E-state index in [1.54, 1.807) is 35.3 Å². The SMILES string of the molecule is Nc1ncc(I)c2c1c(-c1ccc(C(=O)Nc3ccccn3)cc1F)nn2[C@@H]1CCCN(C(=O)O)C1. The maximum atomic E-state index is 15.4. The van der Waals surface area contributed by atoms with Crippen LogP contribution < -0.4 is 11.1 Å². The first-order valence-electron chi connectivity index (χ1n) is 11.2. The number of carbonyl (C=O) groups is 2. The minimum absolute atomic E-state index is 0.121. The molecule has 0 radical (unpaired) electrons. The summed E-state index contributed by atoms with van der Waals surface area (Å²) in [6.45, 7) is 0.717. The Morgan fingerprint density at radius 2 is 2.06 bits per heavy atom. The van der Waals surface area contributed by atoms with Crippen molar-refractivity contribution < 1.29 is 19.1 Å². The zero-order chi connectivity index (χ0) is 25.4. The Morgan fingerprint density at radius 1 is 1.22 bits per heavy atom. The second-order valence-corrected chi connectivity index (χ2v) is 9.56. The number of anilines is 2. The number of hydrogen-bond donors (Lipinski definition) is 3. The number of carbonyl (C=O) groups excluding carboxylic acids is 1. The molecule has 184 valence electrons. The molecular weight excluding hydrogens is 580 g/mol. The molecule has 1 aliphatic heterocycles. The fourth-order valence-electron chi connectivity index (χ4n) is 4.41. The van der Waals surface area contributed by atoms with Crippen molar-refractivity contribution in [2.75, 3.05) is 24.1 Å². The minimum atomic E-state index is -0.988. The van der Waals surface area contributed by atoms with Crippen LogP contribution in [0.3, 0.4) is 0 Å². The number of nitrogens with one attached hydrogen (secondary N) is 1. The third kappa shape index (κ3) is 4.43. The van der Waals surface area contributed by atoms with Gasteiger partial charge in [-0.25, -0.2) is 19.2 Å². The van der Waals surface area contributed by atoms with Crippen LogP contribution in [-0.4, -0.2) is 54.8 Å². The molecule has 0 aliphatic carbocycles. The van der Waals surface area contributed by atoms with E-state index in [0.717, 1.165) is 9.64 Å². The molecule has 4 aromatic rings. The third-order valence-corrected chi connectivity index (χ3v) is 6.91. The number of likely N-dealkylation sites (tertiary alicyclic amines) is 1. The van der Waals surface area contributed by atoms with Gasteiger partial charge in [0.1, 0.15) is 23.1 Å². The summed E-state index contributed by atoms with van der Waals surface area (Å²) in [6.07, 6.45) is 3.56. The van der Waals surface area contributed by atoms with E-state index >= 15 is 4.39 Å². The smallest absolute Gasteiger partial charge is 0.407 e. The van der Waals surface area contributed by atoms with Gasteiger partial charge in [0.25, 0.3) is 5.91 Å². The summed E-state index contributed by atoms with van der Waals surface area (Å²) in [5, 5.41) is 17.3. The molecular formula is C24H21FIN7O3. The Labute approximate surface area is 218 Å². The number of halogens is 2. The molecule has 5 rings (SSSR count). The van der Waals surface area contributed by atoms with Gasteiger partial charge in [-0.1, -0.05) is 6.07 Å². The lowest BCUT2D eigenvalue weighted by atomic mass is 10.0. The lowest BCUT2D eigenvalue weighted by Crippen LogP contribution is -2.40. The van der Waals surface area contributed by atoms with E-state index in [0.29, 0.717) is 36.1 Å². The van der Waals surface area contributed by atoms with Crippen molar-refractivity contribution in [3.05, 3.63) is 63.7 Å². The summed E-state index contributed by atoms with van der Waals surface area (Å²) >= 11 is 2.12. The van der Waals surface area contributed by atoms with Crippen molar-refractivity contribution in [3.63, 3.8) is 0 Å². The van der Waals surface area contributed by atoms with Gasteiger partial charge in [0, 0.05) is 36.6 Å². The molecule has 2 amide bonds. The van der Waals surface area contributed by atoms with Crippen molar-refractivity contribution >= 4 is 57.1 Å². The maximum absolute atomic E-state index is 15.4. The minimum Gasteiger partial charge on any atom is -0.465 e. The van der Waals surface area contributed by atoms with Crippen molar-refractivity contribution in [2.24, 2.45) is 0 Å². The van der Waals surface area contributed by atoms with Gasteiger partial charge in [0.15, 0.2) is 0 Å². The number of nitrogens with two attached hydrogens (primary N) is 1. The van der Waals surface area contributed by atoms with Crippen molar-refractivity contribution in [1.29, 1.82) is 0 Å². The molecule has 3 aromatic heterocycles. The van der Waals surface area contributed by atoms with Crippen molar-refractivity contribution in [2.45, 2.75) is 18.9 Å². The number of fused-ring (bicyclic) bond motifs is 1. The topological polar surface area (TPSA) is 139 Å². The van der Waals surface area contributed by atoms with E-state index < -0.39 is 17.8 Å². The standard InChI is InChI=1S/C24H21FIN7O3/c25-16-10-13(23(34)30-18-5-1-2-8-28-18)6-7-15(16)20-19-21(17(26)11-29-22(19)27)33(31-20)14-4-3-9-32(12-14)24(35)36/h1-2,5-8,10-11,14H,3-4,9,12H2,(H2,27,29)(H,35,36)(H,28,30,34)/t14-/m1/s1. The molecule has 1 fully saturated rings. The van der Waals surface area contributed by atoms with Crippen LogP contribution in [0.25, 0.3) is 22.2 Å². The number of nitrogens with zero attached hydrogens (tertiary/aromatic N) is 5. The number of hydrogen-bond acceptors (Lipinski definition) is 6. The van der Waals surface area contributed by atoms with Gasteiger partial charge in [-0.3, -0.25) is 9.48 Å². The zero-order valence-corrected chi connectivity index (χ0v) is 21.0. The van der Waals surface area contributed by atoms with E-state index in [1.807, 2.05) is 0 Å². The maximum Gasteiger partial charge on any atom is 0.407 e. The normalized spacial score (nSPS) is 15.7. The van der Waals surface area contributed by atoms with Gasteiger partial charge in [-0.2, -0.15) is 5.10 Å². The van der Waals surface area contributed by atoms with Crippen molar-refractivity contribution in [1.82, 2.24) is 24.6 Å². The molecule has 0 bridgehead atoms. The summed E-state index contributed by atoms with van der Waals surface area (Å²) in [6, 6.07) is 8.98. The molecule has 10 nitrogen and oxygen atoms in total. The van der Waals surface area contributed by atoms with Crippen LogP contribution >= 0.6 is 22.6 Å². The number of aromatic nitrogens is 4. The Balaban J connectivity index is 1.56. The molecule has 4 heterocycles. The fourth-order valence-corrected chi connectivity index (χ4v) is 5.07. The second-order valence-electron chi connectivity index (χ2n) is 8.40. The zero-order valence-electron chi connectivity index (χ0n) is 18.9. The molecule has 1 atom stereocenters. The van der Waals surface area contributed by atoms with Gasteiger partial charge in [0.05, 0.1) is 20.5 Å². The number of piperidine rings is 1. The molecule has 12 heteroatoms. The predicted octanol–water partition coefficient (Wildman–Crippen LogP) is 4.39. The molecule has 0 unspecified atom stereocenters. The Kier molecular flexibility index (Phi) is 6.43. The summed E-state index contributed by atoms with van der Waals surface area (Å²) in [4.78, 5) is 33.8. The highest BCUT2D eigenvalue weighted by atomic mass is 127. The van der Waals surface area contributed by atoms with Crippen LogP contribution in [0.1, 0.15) is 29.2 Å². The highest BCUT2D eigenvalue weighted by Crippen LogP contribution is 2.38. The van der Waals surface area contributed by atoms with Crippen LogP contribution in [0.2, 0.25) is 0 Å². The fraction of sp³-hybridized carbons (Fsp3) is 0.208. The predicted molar refractivity (Wildman–Crippen MR) is 140 cm³/mol. The van der Waals surface area contributed by atoms with Gasteiger partial charge >= 0.3 is 6.09 Å². The molecule has 1 aromatic carbocycles. The van der Waals surface area contributed by atoms with Gasteiger partial charge < -0.3 is 21.1 Å². The van der Waals surface area contributed by atoms with E-state index in [4.69, 9.17) is 10.8 Å². The Bertz CT molecular complexity index is 1480. The number of benzene rings is 1. The summed E-state index contributed by atoms with van der Waals surface area (Å²) in [5.41, 5.74) is 7.47. The summed E-state index contributed by atoms with van der Waals surface area (Å²) in [5.74, 6) is -0.604. The number of nitrogen functional groups attached to an aromatic ring is 1. The first kappa shape index (κ1) is 23.9. The first-order valence-corrected chi connectivity index (χ1v) is 12.2. The van der Waals surface area contributed by atoms with E-state index in [-0.39, 0.29) is 35.2 Å². The largest absolute Gasteiger partial charge is 0.465 e. The number of carboxylic acid groups (broad SMARTS) is 1. The van der Waals surface area contributed by atoms with Gasteiger partial charge in [-0.15, -0.1) is 0 Å². The molecule has 0 spiro atoms. The Morgan fingerprint density at radius 3 is 2.78 bits per heavy atom. The molecule has 1 saturated heterocycles. The number of pyridine rings is 2. The van der Waals surface area contributed by atoms with Gasteiger partial charge in [-0.05, 0) is 65.8 Å². The van der Waals surface area contributed by atoms with E-state index in [1.165, 1.54) is 17.0 Å². The van der Waals surface area contributed by atoms with Crippen LogP contribution in [0.15, 0.2) is 48.8 Å². The third-order valence-electron chi connectivity index (χ3n) is 6.12. The molecule has 1 aliphatic rings. The number of rotatable bonds is 4. The van der Waals surface area contributed by atoms with E-state index in [9.17, 15) is 14.7 Å². The number of amides is 2. The highest BCUT2D eigenvalue weighted by molar-refractivity contribution is 14.1. The van der Waals surface area contributed by atoms with Crippen molar-refractivity contribution in [3.8, 4) is 11.3 Å². The monoisotopic (exact) mass is 601 g/mol. The average Bonchev–Trinajstić information content (AvgIpc) is 3.28. The van der Waals surface area contributed by atoms with Crippen LogP contribution in [0.5, 0.6) is 0 Å². The first-order chi connectivity index (χ1) is 17.3. The molecule has 4 N–H and O–H groups in total. The average molecular weight is 601 g/mol. The molecule has 36 heavy (non-hydrogen) atoms. The highest BCUT2D eigenvalue weighted by Gasteiger charge is 2.29. The lowest BCUT2D eigenvalue weighted by molar-refractivity contribution is 0.102. The molecule has 0 saturated carbocycles. The summed E-state index contributed by atoms with van der Waals surface area (Å²) < 4.78 is 17.9. The lowest BCUT2D eigenvalue weighted by Gasteiger charge is -2.31.